The molecular formula is C8H6ClFN2S. The molecule has 0 bridgehead atoms. The molecule has 2 nitrogen and oxygen atoms in total. The molecule has 5 heteroatoms. The average Bonchev–Trinajstić information content (AvgIpc) is 2.32. The second-order valence-corrected chi connectivity index (χ2v) is 3.57. The van der Waals surface area contributed by atoms with Crippen molar-refractivity contribution in [2.24, 2.45) is 7.05 Å². The first-order chi connectivity index (χ1) is 6.09. The zero-order valence-electron chi connectivity index (χ0n) is 6.77. The Morgan fingerprint density at radius 3 is 2.92 bits per heavy atom. The highest BCUT2D eigenvalue weighted by Gasteiger charge is 2.05. The van der Waals surface area contributed by atoms with Gasteiger partial charge in [0.15, 0.2) is 4.77 Å². The number of benzene rings is 1. The lowest BCUT2D eigenvalue weighted by molar-refractivity contribution is 0.629. The third-order valence-electron chi connectivity index (χ3n) is 1.95. The van der Waals surface area contributed by atoms with E-state index in [9.17, 15) is 4.39 Å². The van der Waals surface area contributed by atoms with Gasteiger partial charge in [-0.25, -0.2) is 4.39 Å². The first-order valence-corrected chi connectivity index (χ1v) is 4.42. The molecule has 1 N–H and O–H groups in total. The molecule has 13 heavy (non-hydrogen) atoms. The van der Waals surface area contributed by atoms with Crippen LogP contribution >= 0.6 is 23.8 Å². The fraction of sp³-hybridized carbons (Fsp3) is 0.125. The number of rotatable bonds is 0. The molecule has 1 aromatic heterocycles. The number of fused-ring (bicyclic) bond motifs is 1. The van der Waals surface area contributed by atoms with Crippen molar-refractivity contribution in [3.63, 3.8) is 0 Å². The Bertz CT molecular complexity index is 529. The molecule has 0 spiro atoms. The number of hydrogen-bond donors (Lipinski definition) is 1. The SMILES string of the molecule is Cn1c(=S)[nH]c2cc(Cl)c(F)cc21. The van der Waals surface area contributed by atoms with Crippen LogP contribution in [-0.4, -0.2) is 9.55 Å². The molecule has 0 amide bonds. The molecule has 0 atom stereocenters. The van der Waals surface area contributed by atoms with Crippen LogP contribution in [0.2, 0.25) is 5.02 Å². The van der Waals surface area contributed by atoms with Gasteiger partial charge in [-0.1, -0.05) is 11.6 Å². The van der Waals surface area contributed by atoms with E-state index in [-0.39, 0.29) is 5.02 Å². The highest BCUT2D eigenvalue weighted by atomic mass is 35.5. The van der Waals surface area contributed by atoms with Gasteiger partial charge in [-0.3, -0.25) is 0 Å². The van der Waals surface area contributed by atoms with Crippen LogP contribution in [0.3, 0.4) is 0 Å². The van der Waals surface area contributed by atoms with Crippen LogP contribution in [0.5, 0.6) is 0 Å². The van der Waals surface area contributed by atoms with Gasteiger partial charge in [0.05, 0.1) is 16.1 Å². The van der Waals surface area contributed by atoms with Gasteiger partial charge in [0.2, 0.25) is 0 Å². The van der Waals surface area contributed by atoms with Crippen LogP contribution in [-0.2, 0) is 7.05 Å². The molecule has 0 saturated carbocycles. The highest BCUT2D eigenvalue weighted by Crippen LogP contribution is 2.21. The molecule has 2 aromatic rings. The van der Waals surface area contributed by atoms with E-state index in [1.807, 2.05) is 0 Å². The fourth-order valence-corrected chi connectivity index (χ4v) is 1.59. The van der Waals surface area contributed by atoms with E-state index >= 15 is 0 Å². The molecule has 2 rings (SSSR count). The Morgan fingerprint density at radius 2 is 2.23 bits per heavy atom. The zero-order valence-corrected chi connectivity index (χ0v) is 8.34. The first-order valence-electron chi connectivity index (χ1n) is 3.63. The van der Waals surface area contributed by atoms with Gasteiger partial charge in [0, 0.05) is 13.1 Å². The van der Waals surface area contributed by atoms with Gasteiger partial charge in [-0.2, -0.15) is 0 Å². The summed E-state index contributed by atoms with van der Waals surface area (Å²) in [5, 5.41) is 0.101. The van der Waals surface area contributed by atoms with Gasteiger partial charge in [-0.15, -0.1) is 0 Å². The Hall–Kier alpha value is -0.870. The minimum atomic E-state index is -0.432. The second-order valence-electron chi connectivity index (χ2n) is 2.77. The van der Waals surface area contributed by atoms with E-state index in [1.165, 1.54) is 12.1 Å². The molecule has 1 aromatic carbocycles. The van der Waals surface area contributed by atoms with Crippen molar-refractivity contribution in [2.75, 3.05) is 0 Å². The summed E-state index contributed by atoms with van der Waals surface area (Å²) in [7, 11) is 1.77. The van der Waals surface area contributed by atoms with Crippen LogP contribution in [0, 0.1) is 10.6 Å². The molecule has 1 heterocycles. The van der Waals surface area contributed by atoms with E-state index in [0.29, 0.717) is 10.3 Å². The lowest BCUT2D eigenvalue weighted by Crippen LogP contribution is -1.87. The van der Waals surface area contributed by atoms with Crippen LogP contribution in [0.4, 0.5) is 4.39 Å². The normalized spacial score (nSPS) is 11.0. The summed E-state index contributed by atoms with van der Waals surface area (Å²) in [6.07, 6.45) is 0. The minimum Gasteiger partial charge on any atom is -0.331 e. The predicted molar refractivity (Wildman–Crippen MR) is 53.1 cm³/mol. The van der Waals surface area contributed by atoms with Crippen molar-refractivity contribution >= 4 is 34.9 Å². The molecule has 0 fully saturated rings. The molecule has 0 unspecified atom stereocenters. The van der Waals surface area contributed by atoms with Crippen molar-refractivity contribution in [3.8, 4) is 0 Å². The number of imidazole rings is 1. The maximum Gasteiger partial charge on any atom is 0.177 e. The number of hydrogen-bond acceptors (Lipinski definition) is 1. The van der Waals surface area contributed by atoms with Crippen molar-refractivity contribution in [1.29, 1.82) is 0 Å². The van der Waals surface area contributed by atoms with Gasteiger partial charge in [-0.05, 0) is 18.3 Å². The summed E-state index contributed by atoms with van der Waals surface area (Å²) >= 11 is 10.6. The van der Waals surface area contributed by atoms with E-state index < -0.39 is 5.82 Å². The van der Waals surface area contributed by atoms with Gasteiger partial charge >= 0.3 is 0 Å². The quantitative estimate of drug-likeness (QED) is 0.672. The summed E-state index contributed by atoms with van der Waals surface area (Å²) in [6, 6.07) is 2.89. The van der Waals surface area contributed by atoms with Gasteiger partial charge in [0.25, 0.3) is 0 Å². The van der Waals surface area contributed by atoms with Crippen LogP contribution < -0.4 is 0 Å². The van der Waals surface area contributed by atoms with Crippen molar-refractivity contribution in [1.82, 2.24) is 9.55 Å². The second kappa shape index (κ2) is 2.82. The van der Waals surface area contributed by atoms with E-state index in [4.69, 9.17) is 23.8 Å². The predicted octanol–water partition coefficient (Wildman–Crippen LogP) is 3.03. The number of H-pyrrole nitrogens is 1. The lowest BCUT2D eigenvalue weighted by Gasteiger charge is -1.96. The number of aromatic amines is 1. The summed E-state index contributed by atoms with van der Waals surface area (Å²) in [6.45, 7) is 0. The number of halogens is 2. The third kappa shape index (κ3) is 1.26. The number of aryl methyl sites for hydroxylation is 1. The molecule has 0 saturated heterocycles. The summed E-state index contributed by atoms with van der Waals surface area (Å²) in [5.74, 6) is -0.432. The van der Waals surface area contributed by atoms with Crippen molar-refractivity contribution in [3.05, 3.63) is 27.7 Å². The topological polar surface area (TPSA) is 20.7 Å². The third-order valence-corrected chi connectivity index (χ3v) is 2.61. The number of aromatic nitrogens is 2. The van der Waals surface area contributed by atoms with Crippen LogP contribution in [0.15, 0.2) is 12.1 Å². The molecule has 0 aliphatic rings. The maximum atomic E-state index is 13.0. The largest absolute Gasteiger partial charge is 0.331 e. The van der Waals surface area contributed by atoms with Crippen molar-refractivity contribution < 1.29 is 4.39 Å². The van der Waals surface area contributed by atoms with E-state index in [2.05, 4.69) is 4.98 Å². The van der Waals surface area contributed by atoms with Crippen molar-refractivity contribution in [2.45, 2.75) is 0 Å². The molecule has 68 valence electrons. The number of nitrogens with zero attached hydrogens (tertiary/aromatic N) is 1. The lowest BCUT2D eigenvalue weighted by atomic mass is 10.3. The smallest absolute Gasteiger partial charge is 0.177 e. The molecule has 0 radical (unpaired) electrons. The summed E-state index contributed by atoms with van der Waals surface area (Å²) in [5.41, 5.74) is 1.46. The Morgan fingerprint density at radius 1 is 1.54 bits per heavy atom. The van der Waals surface area contributed by atoms with Crippen LogP contribution in [0.1, 0.15) is 0 Å². The highest BCUT2D eigenvalue weighted by molar-refractivity contribution is 7.71. The standard InChI is InChI=1S/C8H6ClFN2S/c1-12-7-3-5(10)4(9)2-6(7)11-8(12)13/h2-3H,1H3,(H,11,13). The average molecular weight is 217 g/mol. The Labute approximate surface area is 83.9 Å². The molecular weight excluding hydrogens is 211 g/mol. The van der Waals surface area contributed by atoms with Gasteiger partial charge in [0.1, 0.15) is 5.82 Å². The number of nitrogens with one attached hydrogen (secondary N) is 1. The first kappa shape index (κ1) is 8.72. The van der Waals surface area contributed by atoms with E-state index in [0.717, 1.165) is 5.52 Å². The monoisotopic (exact) mass is 216 g/mol. The Kier molecular flexibility index (Phi) is 1.89. The maximum absolute atomic E-state index is 13.0. The Balaban J connectivity index is 2.97. The molecule has 0 aliphatic heterocycles. The van der Waals surface area contributed by atoms with Crippen LogP contribution in [0.25, 0.3) is 11.0 Å². The fourth-order valence-electron chi connectivity index (χ4n) is 1.22. The van der Waals surface area contributed by atoms with Gasteiger partial charge < -0.3 is 9.55 Å². The summed E-state index contributed by atoms with van der Waals surface area (Å²) < 4.78 is 15.3. The van der Waals surface area contributed by atoms with E-state index in [1.54, 1.807) is 11.6 Å². The minimum absolute atomic E-state index is 0.101. The zero-order chi connectivity index (χ0) is 9.59. The summed E-state index contributed by atoms with van der Waals surface area (Å²) in [4.78, 5) is 2.92. The molecule has 0 aliphatic carbocycles.